The molecule has 1 aromatic carbocycles. The lowest BCUT2D eigenvalue weighted by molar-refractivity contribution is -0.121. The molecule has 1 aliphatic carbocycles. The minimum atomic E-state index is -0.0809. The predicted octanol–water partition coefficient (Wildman–Crippen LogP) is 3.47. The molecule has 0 radical (unpaired) electrons. The van der Waals surface area contributed by atoms with Crippen LogP contribution in [0, 0.1) is 0 Å². The van der Waals surface area contributed by atoms with Gasteiger partial charge in [0.2, 0.25) is 5.91 Å². The molecule has 0 aromatic heterocycles. The molecule has 122 valence electrons. The third-order valence-electron chi connectivity index (χ3n) is 4.17. The van der Waals surface area contributed by atoms with Crippen LogP contribution in [0.15, 0.2) is 35.4 Å². The van der Waals surface area contributed by atoms with Crippen LogP contribution in [0.25, 0.3) is 0 Å². The number of rotatable bonds is 7. The van der Waals surface area contributed by atoms with Gasteiger partial charge in [0.25, 0.3) is 0 Å². The maximum atomic E-state index is 12.5. The summed E-state index contributed by atoms with van der Waals surface area (Å²) in [4.78, 5) is 36.6. The fourth-order valence-corrected chi connectivity index (χ4v) is 2.77. The lowest BCUT2D eigenvalue weighted by Gasteiger charge is -2.18. The molecule has 4 nitrogen and oxygen atoms in total. The van der Waals surface area contributed by atoms with E-state index in [-0.39, 0.29) is 17.5 Å². The van der Waals surface area contributed by atoms with Crippen molar-refractivity contribution in [3.8, 4) is 0 Å². The Morgan fingerprint density at radius 3 is 2.35 bits per heavy atom. The van der Waals surface area contributed by atoms with Crippen molar-refractivity contribution in [2.75, 3.05) is 6.54 Å². The first-order valence-electron chi connectivity index (χ1n) is 8.21. The number of benzene rings is 1. The van der Waals surface area contributed by atoms with E-state index in [1.165, 1.54) is 0 Å². The predicted molar refractivity (Wildman–Crippen MR) is 89.6 cm³/mol. The van der Waals surface area contributed by atoms with Gasteiger partial charge in [-0.05, 0) is 26.2 Å². The van der Waals surface area contributed by atoms with E-state index < -0.39 is 0 Å². The first-order valence-corrected chi connectivity index (χ1v) is 8.21. The summed E-state index contributed by atoms with van der Waals surface area (Å²) in [6.45, 7) is 4.47. The van der Waals surface area contributed by atoms with Gasteiger partial charge in [-0.3, -0.25) is 14.4 Å². The second kappa shape index (κ2) is 7.86. The SMILES string of the molecule is CCCCNC(=O)CCCC1=C(C)C(=O)c2ccccc2C1=O. The van der Waals surface area contributed by atoms with Crippen molar-refractivity contribution in [2.45, 2.75) is 46.0 Å². The van der Waals surface area contributed by atoms with Crippen LogP contribution in [0.4, 0.5) is 0 Å². The van der Waals surface area contributed by atoms with Gasteiger partial charge in [-0.2, -0.15) is 0 Å². The molecular weight excluding hydrogens is 290 g/mol. The van der Waals surface area contributed by atoms with Gasteiger partial charge >= 0.3 is 0 Å². The number of ketones is 2. The van der Waals surface area contributed by atoms with E-state index in [9.17, 15) is 14.4 Å². The van der Waals surface area contributed by atoms with Crippen LogP contribution in [0.3, 0.4) is 0 Å². The number of amides is 1. The second-order valence-corrected chi connectivity index (χ2v) is 5.86. The van der Waals surface area contributed by atoms with Crippen molar-refractivity contribution < 1.29 is 14.4 Å². The van der Waals surface area contributed by atoms with Crippen molar-refractivity contribution in [2.24, 2.45) is 0 Å². The molecule has 0 spiro atoms. The molecule has 0 unspecified atom stereocenters. The van der Waals surface area contributed by atoms with Gasteiger partial charge in [0.1, 0.15) is 0 Å². The molecular formula is C19H23NO3. The van der Waals surface area contributed by atoms with Gasteiger partial charge in [0, 0.05) is 35.2 Å². The molecule has 23 heavy (non-hydrogen) atoms. The number of allylic oxidation sites excluding steroid dienone is 2. The van der Waals surface area contributed by atoms with Gasteiger partial charge in [0.05, 0.1) is 0 Å². The Bertz CT molecular complexity index is 658. The fraction of sp³-hybridized carbons (Fsp3) is 0.421. The molecule has 1 N–H and O–H groups in total. The Morgan fingerprint density at radius 1 is 1.04 bits per heavy atom. The first kappa shape index (κ1) is 17.1. The molecule has 0 fully saturated rings. The average Bonchev–Trinajstić information content (AvgIpc) is 2.56. The fourth-order valence-electron chi connectivity index (χ4n) is 2.77. The first-order chi connectivity index (χ1) is 11.1. The maximum absolute atomic E-state index is 12.5. The summed E-state index contributed by atoms with van der Waals surface area (Å²) < 4.78 is 0. The Morgan fingerprint density at radius 2 is 1.70 bits per heavy atom. The molecule has 0 bridgehead atoms. The van der Waals surface area contributed by atoms with E-state index in [4.69, 9.17) is 0 Å². The second-order valence-electron chi connectivity index (χ2n) is 5.86. The molecule has 2 rings (SSSR count). The van der Waals surface area contributed by atoms with Crippen molar-refractivity contribution >= 4 is 17.5 Å². The number of unbranched alkanes of at least 4 members (excludes halogenated alkanes) is 1. The molecule has 1 amide bonds. The van der Waals surface area contributed by atoms with Crippen molar-refractivity contribution in [1.29, 1.82) is 0 Å². The highest BCUT2D eigenvalue weighted by Gasteiger charge is 2.28. The maximum Gasteiger partial charge on any atom is 0.220 e. The summed E-state index contributed by atoms with van der Waals surface area (Å²) in [5, 5.41) is 2.86. The van der Waals surface area contributed by atoms with Crippen LogP contribution in [0.1, 0.15) is 66.7 Å². The molecule has 1 aromatic rings. The van der Waals surface area contributed by atoms with Crippen LogP contribution >= 0.6 is 0 Å². The van der Waals surface area contributed by atoms with E-state index in [0.29, 0.717) is 48.1 Å². The zero-order chi connectivity index (χ0) is 16.8. The number of hydrogen-bond donors (Lipinski definition) is 1. The summed E-state index contributed by atoms with van der Waals surface area (Å²) in [6, 6.07) is 6.92. The average molecular weight is 313 g/mol. The van der Waals surface area contributed by atoms with Crippen LogP contribution in [0.5, 0.6) is 0 Å². The van der Waals surface area contributed by atoms with Crippen LogP contribution < -0.4 is 5.32 Å². The normalized spacial score (nSPS) is 14.0. The number of fused-ring (bicyclic) bond motifs is 1. The lowest BCUT2D eigenvalue weighted by Crippen LogP contribution is -2.24. The highest BCUT2D eigenvalue weighted by molar-refractivity contribution is 6.26. The number of Topliss-reactive ketones (excluding diaryl/α,β-unsaturated/α-hetero) is 2. The quantitative estimate of drug-likeness (QED) is 0.784. The Labute approximate surface area is 137 Å². The standard InChI is InChI=1S/C19H23NO3/c1-3-4-12-20-17(21)11-7-10-14-13(2)18(22)15-8-5-6-9-16(15)19(14)23/h5-6,8-9H,3-4,7,10-12H2,1-2H3,(H,20,21). The Balaban J connectivity index is 1.98. The van der Waals surface area contributed by atoms with E-state index >= 15 is 0 Å². The molecule has 1 aliphatic rings. The van der Waals surface area contributed by atoms with E-state index in [0.717, 1.165) is 12.8 Å². The van der Waals surface area contributed by atoms with Crippen molar-refractivity contribution in [3.05, 3.63) is 46.5 Å². The zero-order valence-electron chi connectivity index (χ0n) is 13.8. The summed E-state index contributed by atoms with van der Waals surface area (Å²) in [7, 11) is 0. The largest absolute Gasteiger partial charge is 0.356 e. The molecule has 0 saturated heterocycles. The highest BCUT2D eigenvalue weighted by Crippen LogP contribution is 2.28. The smallest absolute Gasteiger partial charge is 0.220 e. The van der Waals surface area contributed by atoms with Crippen molar-refractivity contribution in [1.82, 2.24) is 5.32 Å². The summed E-state index contributed by atoms with van der Waals surface area (Å²) in [5.41, 5.74) is 2.02. The van der Waals surface area contributed by atoms with E-state index in [2.05, 4.69) is 12.2 Å². The van der Waals surface area contributed by atoms with E-state index in [1.54, 1.807) is 31.2 Å². The molecule has 0 saturated carbocycles. The minimum absolute atomic E-state index is 0.00619. The molecule has 0 heterocycles. The number of carbonyl (C=O) groups is 3. The third kappa shape index (κ3) is 3.95. The number of nitrogens with one attached hydrogen (secondary N) is 1. The van der Waals surface area contributed by atoms with Gasteiger partial charge in [0.15, 0.2) is 11.6 Å². The number of carbonyl (C=O) groups excluding carboxylic acids is 3. The molecule has 4 heteroatoms. The number of hydrogen-bond acceptors (Lipinski definition) is 3. The van der Waals surface area contributed by atoms with Gasteiger partial charge in [-0.25, -0.2) is 0 Å². The van der Waals surface area contributed by atoms with E-state index in [1.807, 2.05) is 0 Å². The lowest BCUT2D eigenvalue weighted by atomic mass is 9.83. The third-order valence-corrected chi connectivity index (χ3v) is 4.17. The minimum Gasteiger partial charge on any atom is -0.356 e. The van der Waals surface area contributed by atoms with Crippen LogP contribution in [-0.2, 0) is 4.79 Å². The summed E-state index contributed by atoms with van der Waals surface area (Å²) in [6.07, 6.45) is 3.43. The topological polar surface area (TPSA) is 63.2 Å². The highest BCUT2D eigenvalue weighted by atomic mass is 16.2. The van der Waals surface area contributed by atoms with Gasteiger partial charge in [-0.1, -0.05) is 37.6 Å². The Hall–Kier alpha value is -2.23. The van der Waals surface area contributed by atoms with Crippen molar-refractivity contribution in [3.63, 3.8) is 0 Å². The van der Waals surface area contributed by atoms with Crippen LogP contribution in [0.2, 0.25) is 0 Å². The Kier molecular flexibility index (Phi) is 5.85. The van der Waals surface area contributed by atoms with Gasteiger partial charge < -0.3 is 5.32 Å². The summed E-state index contributed by atoms with van der Waals surface area (Å²) in [5.74, 6) is -0.154. The monoisotopic (exact) mass is 313 g/mol. The zero-order valence-corrected chi connectivity index (χ0v) is 13.8. The summed E-state index contributed by atoms with van der Waals surface area (Å²) >= 11 is 0. The molecule has 0 aliphatic heterocycles. The van der Waals surface area contributed by atoms with Gasteiger partial charge in [-0.15, -0.1) is 0 Å². The molecule has 0 atom stereocenters. The van der Waals surface area contributed by atoms with Crippen LogP contribution in [-0.4, -0.2) is 24.0 Å².